The molecule has 172 valence electrons. The fourth-order valence-electron chi connectivity index (χ4n) is 2.70. The lowest BCUT2D eigenvalue weighted by atomic mass is 10.2. The number of rotatable bonds is 10. The number of thioether (sulfide) groups is 1. The number of carbonyl (C=O) groups excluding carboxylic acids is 2. The van der Waals surface area contributed by atoms with Crippen LogP contribution < -0.4 is 14.8 Å². The molecular formula is C22H21N3O7S. The number of carboxylic acids is 1. The summed E-state index contributed by atoms with van der Waals surface area (Å²) in [6.45, 7) is 0.604. The van der Waals surface area contributed by atoms with Crippen LogP contribution >= 0.6 is 11.8 Å². The maximum Gasteiger partial charge on any atom is 0.337 e. The third-order valence-electron chi connectivity index (χ3n) is 4.25. The van der Waals surface area contributed by atoms with Crippen LogP contribution in [0, 0.1) is 0 Å². The van der Waals surface area contributed by atoms with Crippen LogP contribution in [-0.4, -0.2) is 59.9 Å². The van der Waals surface area contributed by atoms with E-state index in [1.54, 1.807) is 42.5 Å². The molecule has 2 N–H and O–H groups in total. The highest BCUT2D eigenvalue weighted by Crippen LogP contribution is 2.22. The maximum atomic E-state index is 11.7. The van der Waals surface area contributed by atoms with Crippen molar-refractivity contribution in [2.24, 2.45) is 10.2 Å². The van der Waals surface area contributed by atoms with Crippen molar-refractivity contribution in [2.75, 3.05) is 20.3 Å². The number of amidine groups is 1. The molecule has 0 saturated carbocycles. The number of methoxy groups -OCH3 is 1. The minimum Gasteiger partial charge on any atom is -0.490 e. The lowest BCUT2D eigenvalue weighted by Crippen LogP contribution is -2.26. The average Bonchev–Trinajstić information content (AvgIpc) is 3.15. The van der Waals surface area contributed by atoms with Gasteiger partial charge in [0.1, 0.15) is 30.0 Å². The molecule has 0 radical (unpaired) electrons. The predicted octanol–water partition coefficient (Wildman–Crippen LogP) is 2.33. The second kappa shape index (κ2) is 11.7. The van der Waals surface area contributed by atoms with Crippen LogP contribution in [0.25, 0.3) is 0 Å². The van der Waals surface area contributed by atoms with Gasteiger partial charge in [-0.05, 0) is 42.0 Å². The molecule has 11 heteroatoms. The van der Waals surface area contributed by atoms with Crippen molar-refractivity contribution >= 4 is 41.0 Å². The summed E-state index contributed by atoms with van der Waals surface area (Å²) in [4.78, 5) is 33.9. The van der Waals surface area contributed by atoms with Gasteiger partial charge in [-0.2, -0.15) is 5.10 Å². The Labute approximate surface area is 193 Å². The van der Waals surface area contributed by atoms with Crippen LogP contribution in [0.2, 0.25) is 0 Å². The largest absolute Gasteiger partial charge is 0.490 e. The number of nitrogens with one attached hydrogen (secondary N) is 1. The van der Waals surface area contributed by atoms with Gasteiger partial charge in [0, 0.05) is 0 Å². The summed E-state index contributed by atoms with van der Waals surface area (Å²) < 4.78 is 15.9. The normalized spacial score (nSPS) is 16.6. The van der Waals surface area contributed by atoms with Crippen LogP contribution in [-0.2, 0) is 14.3 Å². The zero-order valence-corrected chi connectivity index (χ0v) is 18.4. The van der Waals surface area contributed by atoms with E-state index in [1.807, 2.05) is 6.07 Å². The molecule has 1 amide bonds. The topological polar surface area (TPSA) is 136 Å². The van der Waals surface area contributed by atoms with Gasteiger partial charge in [0.05, 0.1) is 25.3 Å². The number of nitrogens with zero attached hydrogens (tertiary/aromatic N) is 2. The molecule has 10 nitrogen and oxygen atoms in total. The Morgan fingerprint density at radius 3 is 2.55 bits per heavy atom. The first-order chi connectivity index (χ1) is 15.9. The summed E-state index contributed by atoms with van der Waals surface area (Å²) in [7, 11) is 1.33. The second-order valence-corrected chi connectivity index (χ2v) is 7.82. The summed E-state index contributed by atoms with van der Waals surface area (Å²) in [5, 5.41) is 18.7. The molecule has 3 rings (SSSR count). The van der Waals surface area contributed by atoms with Crippen molar-refractivity contribution in [1.29, 1.82) is 0 Å². The van der Waals surface area contributed by atoms with Gasteiger partial charge < -0.3 is 24.6 Å². The molecule has 1 aliphatic heterocycles. The van der Waals surface area contributed by atoms with Crippen molar-refractivity contribution in [3.05, 3.63) is 59.7 Å². The number of carbonyl (C=O) groups is 3. The van der Waals surface area contributed by atoms with E-state index >= 15 is 0 Å². The zero-order chi connectivity index (χ0) is 23.6. The van der Waals surface area contributed by atoms with Crippen molar-refractivity contribution in [3.63, 3.8) is 0 Å². The number of amides is 1. The summed E-state index contributed by atoms with van der Waals surface area (Å²) >= 11 is 1.03. The number of hydrogen-bond donors (Lipinski definition) is 2. The van der Waals surface area contributed by atoms with Crippen molar-refractivity contribution in [2.45, 2.75) is 11.7 Å². The number of ether oxygens (including phenoxy) is 3. The van der Waals surface area contributed by atoms with Crippen molar-refractivity contribution < 1.29 is 33.7 Å². The van der Waals surface area contributed by atoms with Gasteiger partial charge >= 0.3 is 11.9 Å². The highest BCUT2D eigenvalue weighted by molar-refractivity contribution is 8.15. The van der Waals surface area contributed by atoms with Gasteiger partial charge in [-0.25, -0.2) is 4.79 Å². The molecule has 2 aromatic carbocycles. The maximum absolute atomic E-state index is 11.7. The van der Waals surface area contributed by atoms with E-state index in [1.165, 1.54) is 13.3 Å². The van der Waals surface area contributed by atoms with Crippen LogP contribution in [0.3, 0.4) is 0 Å². The molecule has 1 saturated heterocycles. The Hall–Kier alpha value is -3.86. The number of benzene rings is 2. The summed E-state index contributed by atoms with van der Waals surface area (Å²) in [6.07, 6.45) is 1.22. The molecule has 0 aliphatic carbocycles. The number of carboxylic acid groups (broad SMARTS) is 1. The van der Waals surface area contributed by atoms with Gasteiger partial charge in [-0.1, -0.05) is 23.9 Å². The molecule has 1 heterocycles. The van der Waals surface area contributed by atoms with Crippen LogP contribution in [0.1, 0.15) is 22.3 Å². The number of hydrogen-bond acceptors (Lipinski definition) is 9. The van der Waals surface area contributed by atoms with Crippen molar-refractivity contribution in [1.82, 2.24) is 5.32 Å². The van der Waals surface area contributed by atoms with Crippen molar-refractivity contribution in [3.8, 4) is 11.5 Å². The van der Waals surface area contributed by atoms with Gasteiger partial charge in [-0.3, -0.25) is 9.59 Å². The van der Waals surface area contributed by atoms with E-state index in [0.29, 0.717) is 30.3 Å². The van der Waals surface area contributed by atoms with E-state index < -0.39 is 23.1 Å². The molecule has 1 aliphatic rings. The minimum absolute atomic E-state index is 0.256. The highest BCUT2D eigenvalue weighted by Gasteiger charge is 2.32. The summed E-state index contributed by atoms with van der Waals surface area (Å²) in [5.41, 5.74) is 1.17. The Bertz CT molecular complexity index is 1070. The van der Waals surface area contributed by atoms with Crippen LogP contribution in [0.15, 0.2) is 58.7 Å². The quantitative estimate of drug-likeness (QED) is 0.233. The van der Waals surface area contributed by atoms with Crippen LogP contribution in [0.4, 0.5) is 0 Å². The van der Waals surface area contributed by atoms with Crippen LogP contribution in [0.5, 0.6) is 11.5 Å². The van der Waals surface area contributed by atoms with E-state index in [9.17, 15) is 14.4 Å². The first-order valence-corrected chi connectivity index (χ1v) is 10.7. The smallest absolute Gasteiger partial charge is 0.337 e. The molecule has 0 aromatic heterocycles. The van der Waals surface area contributed by atoms with E-state index in [2.05, 4.69) is 20.3 Å². The second-order valence-electron chi connectivity index (χ2n) is 6.63. The lowest BCUT2D eigenvalue weighted by molar-refractivity contribution is -0.138. The van der Waals surface area contributed by atoms with Gasteiger partial charge in [-0.15, -0.1) is 5.10 Å². The summed E-state index contributed by atoms with van der Waals surface area (Å²) in [5.74, 6) is -0.636. The highest BCUT2D eigenvalue weighted by atomic mass is 32.2. The monoisotopic (exact) mass is 471 g/mol. The first-order valence-electron chi connectivity index (χ1n) is 9.79. The Morgan fingerprint density at radius 1 is 1.12 bits per heavy atom. The molecule has 1 unspecified atom stereocenters. The van der Waals surface area contributed by atoms with Gasteiger partial charge in [0.2, 0.25) is 5.91 Å². The SMILES string of the molecule is COC(=O)c1ccc(OCCOc2cccc(C=NN=C3NC(=O)C(CC(=O)O)S3)c2)cc1. The molecular weight excluding hydrogens is 450 g/mol. The lowest BCUT2D eigenvalue weighted by Gasteiger charge is -2.09. The molecule has 0 bridgehead atoms. The third-order valence-corrected chi connectivity index (χ3v) is 5.32. The molecule has 1 fully saturated rings. The average molecular weight is 471 g/mol. The van der Waals surface area contributed by atoms with E-state index in [0.717, 1.165) is 17.3 Å². The molecule has 1 atom stereocenters. The predicted molar refractivity (Wildman–Crippen MR) is 122 cm³/mol. The molecule has 0 spiro atoms. The fourth-order valence-corrected chi connectivity index (χ4v) is 3.62. The first kappa shape index (κ1) is 23.8. The minimum atomic E-state index is -1.05. The molecule has 33 heavy (non-hydrogen) atoms. The Balaban J connectivity index is 1.45. The zero-order valence-electron chi connectivity index (χ0n) is 17.6. The third kappa shape index (κ3) is 7.35. The van der Waals surface area contributed by atoms with Gasteiger partial charge in [0.15, 0.2) is 5.17 Å². The number of aliphatic carboxylic acids is 1. The Kier molecular flexibility index (Phi) is 8.42. The van der Waals surface area contributed by atoms with E-state index in [-0.39, 0.29) is 11.6 Å². The molecule has 2 aromatic rings. The fraction of sp³-hybridized carbons (Fsp3) is 0.227. The standard InChI is InChI=1S/C22H21N3O7S/c1-30-21(29)15-5-7-16(8-6-15)31-9-10-32-17-4-2-3-14(11-17)13-23-25-22-24-20(28)18(33-22)12-19(26)27/h2-8,11,13,18H,9-10,12H2,1H3,(H,26,27)(H,24,25,28). The summed E-state index contributed by atoms with van der Waals surface area (Å²) in [6, 6.07) is 13.8. The Morgan fingerprint density at radius 2 is 1.85 bits per heavy atom. The van der Waals surface area contributed by atoms with E-state index in [4.69, 9.17) is 14.6 Å². The number of esters is 1. The van der Waals surface area contributed by atoms with Gasteiger partial charge in [0.25, 0.3) is 0 Å².